The van der Waals surface area contributed by atoms with Crippen LogP contribution in [0, 0.1) is 18.3 Å². The van der Waals surface area contributed by atoms with Crippen LogP contribution in [0.5, 0.6) is 0 Å². The molecule has 1 aromatic carbocycles. The second kappa shape index (κ2) is 8.47. The first-order chi connectivity index (χ1) is 12.7. The van der Waals surface area contributed by atoms with E-state index in [0.29, 0.717) is 10.6 Å². The molecule has 0 radical (unpaired) electrons. The van der Waals surface area contributed by atoms with Crippen molar-refractivity contribution in [1.82, 2.24) is 14.2 Å². The molecule has 8 nitrogen and oxygen atoms in total. The van der Waals surface area contributed by atoms with E-state index in [0.717, 1.165) is 21.2 Å². The molecule has 0 fully saturated rings. The molecule has 0 saturated carbocycles. The van der Waals surface area contributed by atoms with Crippen molar-refractivity contribution in [3.63, 3.8) is 0 Å². The number of nitrogens with one attached hydrogen (secondary N) is 1. The quantitative estimate of drug-likeness (QED) is 0.691. The van der Waals surface area contributed by atoms with Crippen molar-refractivity contribution < 1.29 is 13.2 Å². The Morgan fingerprint density at radius 1 is 1.30 bits per heavy atom. The van der Waals surface area contributed by atoms with Gasteiger partial charge in [-0.3, -0.25) is 14.2 Å². The molecule has 144 valence electrons. The molecule has 1 N–H and O–H groups in total. The Balaban J connectivity index is 2.22. The summed E-state index contributed by atoms with van der Waals surface area (Å²) in [7, 11) is -0.592. The number of benzene rings is 1. The van der Waals surface area contributed by atoms with E-state index in [2.05, 4.69) is 5.32 Å². The fraction of sp³-hybridized carbons (Fsp3) is 0.353. The van der Waals surface area contributed by atoms with E-state index in [4.69, 9.17) is 5.26 Å². The molecule has 0 spiro atoms. The number of nitriles is 1. The lowest BCUT2D eigenvalue weighted by molar-refractivity contribution is 0.0957. The van der Waals surface area contributed by atoms with Crippen molar-refractivity contribution in [2.45, 2.75) is 24.8 Å². The molecule has 0 saturated heterocycles. The first kappa shape index (κ1) is 20.8. The van der Waals surface area contributed by atoms with Crippen LogP contribution in [0.15, 0.2) is 34.0 Å². The first-order valence-electron chi connectivity index (χ1n) is 8.05. The fourth-order valence-corrected chi connectivity index (χ4v) is 4.15. The lowest BCUT2D eigenvalue weighted by Gasteiger charge is -2.12. The Morgan fingerprint density at radius 3 is 2.48 bits per heavy atom. The van der Waals surface area contributed by atoms with Crippen molar-refractivity contribution in [1.29, 1.82) is 5.26 Å². The smallest absolute Gasteiger partial charge is 0.308 e. The first-order valence-corrected chi connectivity index (χ1v) is 10.3. The van der Waals surface area contributed by atoms with Gasteiger partial charge in [0.25, 0.3) is 5.91 Å². The van der Waals surface area contributed by atoms with E-state index < -0.39 is 10.0 Å². The predicted molar refractivity (Wildman–Crippen MR) is 102 cm³/mol. The van der Waals surface area contributed by atoms with Crippen molar-refractivity contribution in [3.8, 4) is 6.07 Å². The molecule has 0 bridgehead atoms. The fourth-order valence-electron chi connectivity index (χ4n) is 2.34. The molecule has 1 aromatic heterocycles. The van der Waals surface area contributed by atoms with E-state index >= 15 is 0 Å². The molecule has 0 aliphatic rings. The maximum atomic E-state index is 12.3. The normalized spacial score (nSPS) is 11.4. The highest BCUT2D eigenvalue weighted by Crippen LogP contribution is 2.17. The molecule has 0 unspecified atom stereocenters. The van der Waals surface area contributed by atoms with Crippen LogP contribution in [0.1, 0.15) is 27.3 Å². The Morgan fingerprint density at radius 2 is 1.93 bits per heavy atom. The molecule has 0 aliphatic heterocycles. The van der Waals surface area contributed by atoms with Gasteiger partial charge in [-0.1, -0.05) is 23.5 Å². The Hall–Kier alpha value is -2.48. The lowest BCUT2D eigenvalue weighted by Crippen LogP contribution is -2.24. The summed E-state index contributed by atoms with van der Waals surface area (Å²) in [6.07, 6.45) is 0.197. The zero-order valence-electron chi connectivity index (χ0n) is 15.2. The lowest BCUT2D eigenvalue weighted by atomic mass is 10.2. The molecule has 2 rings (SSSR count). The third-order valence-electron chi connectivity index (χ3n) is 3.91. The van der Waals surface area contributed by atoms with Gasteiger partial charge in [0.2, 0.25) is 10.0 Å². The molecule has 27 heavy (non-hydrogen) atoms. The van der Waals surface area contributed by atoms with Crippen LogP contribution in [-0.2, 0) is 16.6 Å². The maximum Gasteiger partial charge on any atom is 0.308 e. The van der Waals surface area contributed by atoms with Gasteiger partial charge in [-0.15, -0.1) is 0 Å². The molecule has 0 atom stereocenters. The average Bonchev–Trinajstić information content (AvgIpc) is 2.90. The average molecular weight is 409 g/mol. The van der Waals surface area contributed by atoms with Crippen LogP contribution >= 0.6 is 11.3 Å². The number of thiazole rings is 1. The van der Waals surface area contributed by atoms with Crippen LogP contribution in [0.25, 0.3) is 0 Å². The van der Waals surface area contributed by atoms with Gasteiger partial charge in [0.15, 0.2) is 0 Å². The molecular weight excluding hydrogens is 388 g/mol. The van der Waals surface area contributed by atoms with Gasteiger partial charge in [-0.05, 0) is 24.6 Å². The largest absolute Gasteiger partial charge is 0.350 e. The maximum absolute atomic E-state index is 12.3. The Labute approximate surface area is 161 Å². The topological polar surface area (TPSA) is 112 Å². The van der Waals surface area contributed by atoms with Crippen LogP contribution in [-0.4, -0.2) is 43.8 Å². The van der Waals surface area contributed by atoms with Crippen molar-refractivity contribution in [2.75, 3.05) is 20.6 Å². The summed E-state index contributed by atoms with van der Waals surface area (Å²) in [6, 6.07) is 8.21. The van der Waals surface area contributed by atoms with E-state index in [1.165, 1.54) is 30.8 Å². The zero-order chi connectivity index (χ0) is 20.2. The zero-order valence-corrected chi connectivity index (χ0v) is 16.9. The number of carbonyl (C=O) groups excluding carboxylic acids is 1. The van der Waals surface area contributed by atoms with Gasteiger partial charge >= 0.3 is 4.87 Å². The van der Waals surface area contributed by atoms with Gasteiger partial charge in [-0.2, -0.15) is 5.26 Å². The van der Waals surface area contributed by atoms with E-state index in [9.17, 15) is 18.0 Å². The number of amides is 1. The van der Waals surface area contributed by atoms with Crippen LogP contribution in [0.3, 0.4) is 0 Å². The molecule has 1 heterocycles. The summed E-state index contributed by atoms with van der Waals surface area (Å²) in [6.45, 7) is 2.14. The SMILES string of the molecule is Cc1c(C(=O)NCCC#N)sc(=O)n1Cc1ccc(S(=O)(=O)N(C)C)cc1. The molecule has 2 aromatic rings. The summed E-state index contributed by atoms with van der Waals surface area (Å²) < 4.78 is 26.8. The number of carbonyl (C=O) groups is 1. The Kier molecular flexibility index (Phi) is 6.54. The second-order valence-electron chi connectivity index (χ2n) is 5.96. The molecular formula is C17H20N4O4S2. The third kappa shape index (κ3) is 4.63. The minimum atomic E-state index is -3.51. The number of nitrogens with zero attached hydrogens (tertiary/aromatic N) is 3. The summed E-state index contributed by atoms with van der Waals surface area (Å²) >= 11 is 0.848. The minimum absolute atomic E-state index is 0.170. The standard InChI is InChI=1S/C17H20N4O4S2/c1-12-15(16(22)19-10-4-9-18)26-17(23)21(12)11-13-5-7-14(8-6-13)27(24,25)20(2)3/h5-8H,4,10-11H2,1-3H3,(H,19,22). The highest BCUT2D eigenvalue weighted by Gasteiger charge is 2.19. The van der Waals surface area contributed by atoms with Gasteiger partial charge in [0, 0.05) is 26.3 Å². The van der Waals surface area contributed by atoms with Gasteiger partial charge in [-0.25, -0.2) is 12.7 Å². The Bertz CT molecular complexity index is 1030. The van der Waals surface area contributed by atoms with Gasteiger partial charge in [0.1, 0.15) is 4.88 Å². The number of aromatic nitrogens is 1. The number of hydrogen-bond acceptors (Lipinski definition) is 6. The highest BCUT2D eigenvalue weighted by atomic mass is 32.2. The molecule has 0 aliphatic carbocycles. The van der Waals surface area contributed by atoms with Crippen LogP contribution < -0.4 is 10.2 Å². The van der Waals surface area contributed by atoms with Gasteiger partial charge < -0.3 is 5.32 Å². The monoisotopic (exact) mass is 408 g/mol. The van der Waals surface area contributed by atoms with Crippen molar-refractivity contribution in [3.05, 3.63) is 50.1 Å². The number of sulfonamides is 1. The molecule has 1 amide bonds. The summed E-state index contributed by atoms with van der Waals surface area (Å²) in [5.74, 6) is -0.379. The van der Waals surface area contributed by atoms with E-state index in [1.54, 1.807) is 19.1 Å². The summed E-state index contributed by atoms with van der Waals surface area (Å²) in [5.41, 5.74) is 1.27. The summed E-state index contributed by atoms with van der Waals surface area (Å²) in [5, 5.41) is 11.1. The number of hydrogen-bond donors (Lipinski definition) is 1. The molecule has 10 heteroatoms. The van der Waals surface area contributed by atoms with Crippen molar-refractivity contribution >= 4 is 27.3 Å². The third-order valence-corrected chi connectivity index (χ3v) is 6.82. The minimum Gasteiger partial charge on any atom is -0.350 e. The van der Waals surface area contributed by atoms with Crippen molar-refractivity contribution in [2.24, 2.45) is 0 Å². The van der Waals surface area contributed by atoms with Crippen LogP contribution in [0.2, 0.25) is 0 Å². The summed E-state index contributed by atoms with van der Waals surface area (Å²) in [4.78, 5) is 24.6. The van der Waals surface area contributed by atoms with E-state index in [1.807, 2.05) is 6.07 Å². The predicted octanol–water partition coefficient (Wildman–Crippen LogP) is 1.16. The van der Waals surface area contributed by atoms with E-state index in [-0.39, 0.29) is 35.2 Å². The second-order valence-corrected chi connectivity index (χ2v) is 9.08. The van der Waals surface area contributed by atoms with Gasteiger partial charge in [0.05, 0.1) is 23.9 Å². The highest BCUT2D eigenvalue weighted by molar-refractivity contribution is 7.89. The van der Waals surface area contributed by atoms with Crippen LogP contribution in [0.4, 0.5) is 0 Å². The number of rotatable bonds is 7.